The number of amides is 1. The summed E-state index contributed by atoms with van der Waals surface area (Å²) in [5.41, 5.74) is 1.74. The summed E-state index contributed by atoms with van der Waals surface area (Å²) in [5.74, 6) is -0.522. The lowest BCUT2D eigenvalue weighted by Crippen LogP contribution is -2.40. The smallest absolute Gasteiger partial charge is 0.269 e. The first-order valence-electron chi connectivity index (χ1n) is 7.37. The van der Waals surface area contributed by atoms with Gasteiger partial charge in [0.2, 0.25) is 0 Å². The lowest BCUT2D eigenvalue weighted by atomic mass is 10.1. The van der Waals surface area contributed by atoms with Crippen molar-refractivity contribution in [2.45, 2.75) is 31.9 Å². The molecule has 3 rings (SSSR count). The highest BCUT2D eigenvalue weighted by Crippen LogP contribution is 2.19. The number of ether oxygens (including phenoxy) is 1. The Morgan fingerprint density at radius 1 is 1.45 bits per heavy atom. The predicted octanol–water partition coefficient (Wildman–Crippen LogP) is 2.51. The molecule has 1 aromatic heterocycles. The van der Waals surface area contributed by atoms with Gasteiger partial charge in [-0.3, -0.25) is 9.89 Å². The van der Waals surface area contributed by atoms with Gasteiger partial charge < -0.3 is 10.1 Å². The van der Waals surface area contributed by atoms with E-state index in [1.54, 1.807) is 18.2 Å². The highest BCUT2D eigenvalue weighted by Gasteiger charge is 2.24. The van der Waals surface area contributed by atoms with Gasteiger partial charge in [-0.15, -0.1) is 0 Å². The van der Waals surface area contributed by atoms with Crippen LogP contribution >= 0.6 is 0 Å². The fourth-order valence-corrected chi connectivity index (χ4v) is 2.58. The molecule has 1 aliphatic heterocycles. The summed E-state index contributed by atoms with van der Waals surface area (Å²) in [7, 11) is 0. The van der Waals surface area contributed by atoms with Crippen molar-refractivity contribution in [1.82, 2.24) is 15.5 Å². The van der Waals surface area contributed by atoms with E-state index in [1.165, 1.54) is 12.1 Å². The molecule has 1 saturated heterocycles. The maximum absolute atomic E-state index is 12.9. The second-order valence-corrected chi connectivity index (χ2v) is 5.49. The van der Waals surface area contributed by atoms with Crippen LogP contribution in [0, 0.1) is 5.82 Å². The van der Waals surface area contributed by atoms with E-state index in [2.05, 4.69) is 15.5 Å². The van der Waals surface area contributed by atoms with Crippen molar-refractivity contribution in [3.8, 4) is 11.3 Å². The zero-order valence-corrected chi connectivity index (χ0v) is 12.3. The number of hydrogen-bond acceptors (Lipinski definition) is 3. The molecule has 1 fully saturated rings. The Balaban J connectivity index is 1.67. The van der Waals surface area contributed by atoms with Crippen LogP contribution in [0.15, 0.2) is 30.3 Å². The third-order valence-electron chi connectivity index (χ3n) is 3.84. The standard InChI is InChI=1S/C16H18FN3O2/c1-10(15-3-2-8-22-15)18-16(21)14-9-13(19-20-14)11-4-6-12(17)7-5-11/h4-7,9-10,15H,2-3,8H2,1H3,(H,18,21)(H,19,20)/t10-,15+/m0/s1. The number of carbonyl (C=O) groups excluding carboxylic acids is 1. The van der Waals surface area contributed by atoms with E-state index in [1.807, 2.05) is 6.92 Å². The van der Waals surface area contributed by atoms with Gasteiger partial charge in [0.25, 0.3) is 5.91 Å². The number of carbonyl (C=O) groups is 1. The Bertz CT molecular complexity index is 648. The molecule has 1 amide bonds. The van der Waals surface area contributed by atoms with Gasteiger partial charge in [0.05, 0.1) is 17.8 Å². The number of benzene rings is 1. The van der Waals surface area contributed by atoms with Crippen LogP contribution in [0.5, 0.6) is 0 Å². The van der Waals surface area contributed by atoms with Crippen LogP contribution in [0.4, 0.5) is 4.39 Å². The van der Waals surface area contributed by atoms with Crippen molar-refractivity contribution in [3.05, 3.63) is 41.8 Å². The minimum atomic E-state index is -0.303. The number of nitrogens with one attached hydrogen (secondary N) is 2. The second kappa shape index (κ2) is 6.27. The topological polar surface area (TPSA) is 67.0 Å². The number of halogens is 1. The molecule has 2 atom stereocenters. The van der Waals surface area contributed by atoms with E-state index in [0.29, 0.717) is 11.4 Å². The minimum Gasteiger partial charge on any atom is -0.376 e. The van der Waals surface area contributed by atoms with E-state index in [-0.39, 0.29) is 23.9 Å². The van der Waals surface area contributed by atoms with Crippen LogP contribution in [0.25, 0.3) is 11.3 Å². The van der Waals surface area contributed by atoms with Crippen LogP contribution in [-0.4, -0.2) is 34.9 Å². The quantitative estimate of drug-likeness (QED) is 0.912. The fraction of sp³-hybridized carbons (Fsp3) is 0.375. The number of hydrogen-bond donors (Lipinski definition) is 2. The highest BCUT2D eigenvalue weighted by atomic mass is 19.1. The number of H-pyrrole nitrogens is 1. The lowest BCUT2D eigenvalue weighted by Gasteiger charge is -2.19. The first kappa shape index (κ1) is 14.7. The molecule has 22 heavy (non-hydrogen) atoms. The van der Waals surface area contributed by atoms with Crippen LogP contribution in [-0.2, 0) is 4.74 Å². The third-order valence-corrected chi connectivity index (χ3v) is 3.84. The number of rotatable bonds is 4. The second-order valence-electron chi connectivity index (χ2n) is 5.49. The third kappa shape index (κ3) is 3.17. The van der Waals surface area contributed by atoms with Crippen LogP contribution < -0.4 is 5.32 Å². The molecule has 1 aromatic carbocycles. The van der Waals surface area contributed by atoms with Gasteiger partial charge in [-0.05, 0) is 50.1 Å². The van der Waals surface area contributed by atoms with E-state index in [4.69, 9.17) is 4.74 Å². The Hall–Kier alpha value is -2.21. The first-order valence-corrected chi connectivity index (χ1v) is 7.37. The summed E-state index contributed by atoms with van der Waals surface area (Å²) < 4.78 is 18.5. The maximum atomic E-state index is 12.9. The zero-order chi connectivity index (χ0) is 15.5. The number of nitrogens with zero attached hydrogens (tertiary/aromatic N) is 1. The van der Waals surface area contributed by atoms with Crippen LogP contribution in [0.1, 0.15) is 30.3 Å². The van der Waals surface area contributed by atoms with Crippen molar-refractivity contribution in [1.29, 1.82) is 0 Å². The highest BCUT2D eigenvalue weighted by molar-refractivity contribution is 5.93. The number of aromatic nitrogens is 2. The number of aromatic amines is 1. The van der Waals surface area contributed by atoms with Crippen molar-refractivity contribution < 1.29 is 13.9 Å². The van der Waals surface area contributed by atoms with Gasteiger partial charge in [0.15, 0.2) is 0 Å². The van der Waals surface area contributed by atoms with Crippen molar-refractivity contribution in [2.24, 2.45) is 0 Å². The SMILES string of the molecule is C[C@H](NC(=O)c1cc(-c2ccc(F)cc2)n[nH]1)[C@H]1CCCO1. The van der Waals surface area contributed by atoms with Gasteiger partial charge in [-0.25, -0.2) is 4.39 Å². The predicted molar refractivity (Wildman–Crippen MR) is 79.9 cm³/mol. The molecule has 0 spiro atoms. The molecule has 1 aliphatic rings. The molecule has 6 heteroatoms. The molecule has 0 aliphatic carbocycles. The van der Waals surface area contributed by atoms with Gasteiger partial charge in [0.1, 0.15) is 11.5 Å². The first-order chi connectivity index (χ1) is 10.6. The van der Waals surface area contributed by atoms with Gasteiger partial charge >= 0.3 is 0 Å². The molecule has 116 valence electrons. The molecule has 0 saturated carbocycles. The normalized spacial score (nSPS) is 19.1. The summed E-state index contributed by atoms with van der Waals surface area (Å²) in [6.45, 7) is 2.69. The summed E-state index contributed by atoms with van der Waals surface area (Å²) in [4.78, 5) is 12.2. The fourth-order valence-electron chi connectivity index (χ4n) is 2.58. The summed E-state index contributed by atoms with van der Waals surface area (Å²) in [6.07, 6.45) is 2.07. The summed E-state index contributed by atoms with van der Waals surface area (Å²) >= 11 is 0. The van der Waals surface area contributed by atoms with E-state index < -0.39 is 0 Å². The van der Waals surface area contributed by atoms with E-state index >= 15 is 0 Å². The largest absolute Gasteiger partial charge is 0.376 e. The Labute approximate surface area is 127 Å². The van der Waals surface area contributed by atoms with E-state index in [9.17, 15) is 9.18 Å². The molecular weight excluding hydrogens is 285 g/mol. The Morgan fingerprint density at radius 3 is 2.91 bits per heavy atom. The van der Waals surface area contributed by atoms with Crippen molar-refractivity contribution >= 4 is 5.91 Å². The summed E-state index contributed by atoms with van der Waals surface area (Å²) in [5, 5.41) is 9.74. The molecule has 5 nitrogen and oxygen atoms in total. The van der Waals surface area contributed by atoms with Crippen molar-refractivity contribution in [2.75, 3.05) is 6.61 Å². The molecule has 0 radical (unpaired) electrons. The summed E-state index contributed by atoms with van der Waals surface area (Å²) in [6, 6.07) is 7.59. The Kier molecular flexibility index (Phi) is 4.20. The average molecular weight is 303 g/mol. The van der Waals surface area contributed by atoms with Gasteiger partial charge in [-0.1, -0.05) is 0 Å². The minimum absolute atomic E-state index is 0.0485. The molecule has 2 aromatic rings. The van der Waals surface area contributed by atoms with Crippen LogP contribution in [0.2, 0.25) is 0 Å². The molecule has 0 bridgehead atoms. The maximum Gasteiger partial charge on any atom is 0.269 e. The monoisotopic (exact) mass is 303 g/mol. The Morgan fingerprint density at radius 2 is 2.23 bits per heavy atom. The zero-order valence-electron chi connectivity index (χ0n) is 12.3. The molecule has 2 N–H and O–H groups in total. The van der Waals surface area contributed by atoms with E-state index in [0.717, 1.165) is 25.0 Å². The molecule has 2 heterocycles. The lowest BCUT2D eigenvalue weighted by molar-refractivity contribution is 0.0709. The van der Waals surface area contributed by atoms with Gasteiger partial charge in [-0.2, -0.15) is 5.10 Å². The molecule has 0 unspecified atom stereocenters. The van der Waals surface area contributed by atoms with Crippen LogP contribution in [0.3, 0.4) is 0 Å². The average Bonchev–Trinajstić information content (AvgIpc) is 3.20. The van der Waals surface area contributed by atoms with Gasteiger partial charge in [0, 0.05) is 12.2 Å². The molecular formula is C16H18FN3O2. The van der Waals surface area contributed by atoms with Crippen molar-refractivity contribution in [3.63, 3.8) is 0 Å².